The lowest BCUT2D eigenvalue weighted by Crippen LogP contribution is -2.41. The van der Waals surface area contributed by atoms with Gasteiger partial charge in [0.2, 0.25) is 0 Å². The molecule has 0 atom stereocenters. The van der Waals surface area contributed by atoms with Gasteiger partial charge >= 0.3 is 0 Å². The van der Waals surface area contributed by atoms with E-state index in [9.17, 15) is 14.4 Å². The maximum atomic E-state index is 12.4. The summed E-state index contributed by atoms with van der Waals surface area (Å²) in [5, 5.41) is 0. The van der Waals surface area contributed by atoms with Crippen molar-refractivity contribution in [3.05, 3.63) is 40.5 Å². The Hall–Kier alpha value is -2.03. The van der Waals surface area contributed by atoms with Crippen molar-refractivity contribution in [2.75, 3.05) is 0 Å². The highest BCUT2D eigenvalue weighted by molar-refractivity contribution is 6.24. The Kier molecular flexibility index (Phi) is 4.69. The van der Waals surface area contributed by atoms with E-state index in [1.807, 2.05) is 34.6 Å². The van der Waals surface area contributed by atoms with Gasteiger partial charge in [0, 0.05) is 12.8 Å². The number of carbonyl (C=O) groups is 3. The molecule has 1 aromatic rings. The van der Waals surface area contributed by atoms with Crippen LogP contribution in [0, 0.1) is 32.1 Å². The van der Waals surface area contributed by atoms with E-state index in [2.05, 4.69) is 12.1 Å². The Morgan fingerprint density at radius 3 is 2.00 bits per heavy atom. The predicted molar refractivity (Wildman–Crippen MR) is 91.2 cm³/mol. The number of aryl methyl sites for hydroxylation is 3. The van der Waals surface area contributed by atoms with Crippen molar-refractivity contribution < 1.29 is 14.4 Å². The average molecular weight is 312 g/mol. The Labute approximate surface area is 137 Å². The fourth-order valence-electron chi connectivity index (χ4n) is 3.42. The fraction of sp³-hybridized carbons (Fsp3) is 0.450. The van der Waals surface area contributed by atoms with E-state index in [1.165, 1.54) is 11.6 Å². The van der Waals surface area contributed by atoms with Crippen LogP contribution in [0.15, 0.2) is 18.2 Å². The topological polar surface area (TPSA) is 51.2 Å². The molecule has 0 radical (unpaired) electrons. The molecule has 0 aromatic heterocycles. The van der Waals surface area contributed by atoms with E-state index in [4.69, 9.17) is 0 Å². The zero-order valence-electron chi connectivity index (χ0n) is 14.5. The normalized spacial score (nSPS) is 18.7. The highest BCUT2D eigenvalue weighted by atomic mass is 16.2. The molecule has 1 fully saturated rings. The molecule has 1 aromatic carbocycles. The molecule has 2 rings (SSSR count). The van der Waals surface area contributed by atoms with Crippen molar-refractivity contribution in [3.63, 3.8) is 0 Å². The van der Waals surface area contributed by atoms with Crippen molar-refractivity contribution in [2.24, 2.45) is 11.3 Å². The summed E-state index contributed by atoms with van der Waals surface area (Å²) >= 11 is 0. The summed E-state index contributed by atoms with van der Waals surface area (Å²) in [5.74, 6) is -2.00. The molecular formula is C20H24O3. The average Bonchev–Trinajstić information content (AvgIpc) is 2.34. The summed E-state index contributed by atoms with van der Waals surface area (Å²) < 4.78 is 0. The Morgan fingerprint density at radius 1 is 1.04 bits per heavy atom. The third-order valence-corrected chi connectivity index (χ3v) is 4.39. The Balaban J connectivity index is 2.23. The monoisotopic (exact) mass is 312 g/mol. The molecule has 3 nitrogen and oxygen atoms in total. The lowest BCUT2D eigenvalue weighted by Gasteiger charge is -2.30. The first-order chi connectivity index (χ1) is 10.6. The minimum Gasteiger partial charge on any atom is -0.298 e. The molecule has 0 unspecified atom stereocenters. The zero-order valence-corrected chi connectivity index (χ0v) is 14.5. The number of allylic oxidation sites excluding steroid dienone is 1. The minimum absolute atomic E-state index is 0.252. The van der Waals surface area contributed by atoms with Gasteiger partial charge in [-0.05, 0) is 49.0 Å². The molecule has 0 aliphatic heterocycles. The van der Waals surface area contributed by atoms with Crippen molar-refractivity contribution in [3.8, 4) is 0 Å². The molecule has 122 valence electrons. The smallest absolute Gasteiger partial charge is 0.173 e. The number of Topliss-reactive ketones (excluding diaryl/α,β-unsaturated/α-hetero) is 2. The second-order valence-electron chi connectivity index (χ2n) is 7.43. The second kappa shape index (κ2) is 6.23. The molecule has 0 spiro atoms. The third kappa shape index (κ3) is 3.84. The van der Waals surface area contributed by atoms with Gasteiger partial charge in [0.25, 0.3) is 0 Å². The molecule has 1 aliphatic carbocycles. The second-order valence-corrected chi connectivity index (χ2v) is 7.43. The molecule has 0 saturated heterocycles. The molecule has 3 heteroatoms. The number of hydrogen-bond acceptors (Lipinski definition) is 3. The molecule has 0 amide bonds. The molecule has 1 aliphatic rings. The molecule has 0 bridgehead atoms. The third-order valence-electron chi connectivity index (χ3n) is 4.39. The van der Waals surface area contributed by atoms with E-state index < -0.39 is 11.7 Å². The molecular weight excluding hydrogens is 288 g/mol. The van der Waals surface area contributed by atoms with Gasteiger partial charge in [-0.1, -0.05) is 37.6 Å². The van der Waals surface area contributed by atoms with Crippen molar-refractivity contribution in [1.82, 2.24) is 0 Å². The summed E-state index contributed by atoms with van der Waals surface area (Å²) in [6.45, 7) is 9.78. The standard InChI is InChI=1S/C20H24O3/c1-12-8-13(2)15(14(3)9-12)6-7-16(21)19-17(22)10-20(4,5)11-18(19)23/h6-9,19H,10-11H2,1-5H3/b7-6+. The number of carbonyl (C=O) groups excluding carboxylic acids is 3. The maximum Gasteiger partial charge on any atom is 0.173 e. The molecule has 0 heterocycles. The maximum absolute atomic E-state index is 12.4. The number of hydrogen-bond donors (Lipinski definition) is 0. The first kappa shape index (κ1) is 17.3. The van der Waals surface area contributed by atoms with E-state index in [-0.39, 0.29) is 29.8 Å². The van der Waals surface area contributed by atoms with E-state index in [0.717, 1.165) is 16.7 Å². The Morgan fingerprint density at radius 2 is 1.52 bits per heavy atom. The SMILES string of the molecule is Cc1cc(C)c(/C=C/C(=O)C2C(=O)CC(C)(C)CC2=O)c(C)c1. The summed E-state index contributed by atoms with van der Waals surface area (Å²) in [5.41, 5.74) is 3.96. The lowest BCUT2D eigenvalue weighted by atomic mass is 9.70. The summed E-state index contributed by atoms with van der Waals surface area (Å²) in [6, 6.07) is 4.10. The van der Waals surface area contributed by atoms with Gasteiger partial charge < -0.3 is 0 Å². The quantitative estimate of drug-likeness (QED) is 0.630. The van der Waals surface area contributed by atoms with Gasteiger partial charge in [0.1, 0.15) is 5.92 Å². The predicted octanol–water partition coefficient (Wildman–Crippen LogP) is 3.77. The summed E-state index contributed by atoms with van der Waals surface area (Å²) in [4.78, 5) is 36.7. The molecule has 1 saturated carbocycles. The van der Waals surface area contributed by atoms with E-state index >= 15 is 0 Å². The minimum atomic E-state index is -1.11. The van der Waals surface area contributed by atoms with E-state index in [1.54, 1.807) is 6.08 Å². The van der Waals surface area contributed by atoms with Crippen LogP contribution in [-0.2, 0) is 14.4 Å². The molecule has 0 N–H and O–H groups in total. The lowest BCUT2D eigenvalue weighted by molar-refractivity contribution is -0.143. The fourth-order valence-corrected chi connectivity index (χ4v) is 3.42. The highest BCUT2D eigenvalue weighted by Gasteiger charge is 2.42. The first-order valence-corrected chi connectivity index (χ1v) is 7.96. The van der Waals surface area contributed by atoms with Crippen LogP contribution in [-0.4, -0.2) is 17.3 Å². The van der Waals surface area contributed by atoms with Gasteiger partial charge in [-0.3, -0.25) is 14.4 Å². The van der Waals surface area contributed by atoms with Crippen molar-refractivity contribution >= 4 is 23.4 Å². The van der Waals surface area contributed by atoms with Crippen LogP contribution >= 0.6 is 0 Å². The van der Waals surface area contributed by atoms with Crippen molar-refractivity contribution in [2.45, 2.75) is 47.5 Å². The summed E-state index contributed by atoms with van der Waals surface area (Å²) in [7, 11) is 0. The number of rotatable bonds is 3. The van der Waals surface area contributed by atoms with Gasteiger partial charge in [0.05, 0.1) is 0 Å². The van der Waals surface area contributed by atoms with Gasteiger partial charge in [-0.25, -0.2) is 0 Å². The summed E-state index contributed by atoms with van der Waals surface area (Å²) in [6.07, 6.45) is 3.69. The largest absolute Gasteiger partial charge is 0.298 e. The Bertz CT molecular complexity index is 665. The van der Waals surface area contributed by atoms with Crippen molar-refractivity contribution in [1.29, 1.82) is 0 Å². The van der Waals surface area contributed by atoms with Gasteiger partial charge in [0.15, 0.2) is 17.3 Å². The van der Waals surface area contributed by atoms with Crippen LogP contribution in [0.5, 0.6) is 0 Å². The van der Waals surface area contributed by atoms with Crippen LogP contribution in [0.2, 0.25) is 0 Å². The van der Waals surface area contributed by atoms with Crippen LogP contribution in [0.1, 0.15) is 48.9 Å². The molecule has 23 heavy (non-hydrogen) atoms. The van der Waals surface area contributed by atoms with Crippen LogP contribution < -0.4 is 0 Å². The first-order valence-electron chi connectivity index (χ1n) is 7.96. The van der Waals surface area contributed by atoms with Crippen LogP contribution in [0.4, 0.5) is 0 Å². The van der Waals surface area contributed by atoms with Gasteiger partial charge in [-0.15, -0.1) is 0 Å². The van der Waals surface area contributed by atoms with Gasteiger partial charge in [-0.2, -0.15) is 0 Å². The van der Waals surface area contributed by atoms with Crippen LogP contribution in [0.3, 0.4) is 0 Å². The van der Waals surface area contributed by atoms with E-state index in [0.29, 0.717) is 0 Å². The zero-order chi connectivity index (χ0) is 17.4. The van der Waals surface area contributed by atoms with Crippen LogP contribution in [0.25, 0.3) is 6.08 Å². The highest BCUT2D eigenvalue weighted by Crippen LogP contribution is 2.34. The number of ketones is 3. The number of benzene rings is 1.